The highest BCUT2D eigenvalue weighted by molar-refractivity contribution is 5.86. The van der Waals surface area contributed by atoms with Crippen molar-refractivity contribution >= 4 is 16.9 Å². The lowest BCUT2D eigenvalue weighted by molar-refractivity contribution is -0.140. The number of rotatable bonds is 4. The third kappa shape index (κ3) is 3.35. The Hall–Kier alpha value is -1.92. The average Bonchev–Trinajstić information content (AvgIpc) is 3.09. The minimum atomic E-state index is -0.370. The van der Waals surface area contributed by atoms with E-state index in [0.717, 1.165) is 68.8 Å². The summed E-state index contributed by atoms with van der Waals surface area (Å²) < 4.78 is 5.50. The molecule has 1 aromatic carbocycles. The van der Waals surface area contributed by atoms with Crippen LogP contribution in [0.15, 0.2) is 18.2 Å². The van der Waals surface area contributed by atoms with E-state index in [1.54, 1.807) is 0 Å². The minimum absolute atomic E-state index is 0.149. The summed E-state index contributed by atoms with van der Waals surface area (Å²) in [5.41, 5.74) is 2.80. The Labute approximate surface area is 154 Å². The van der Waals surface area contributed by atoms with E-state index in [4.69, 9.17) is 4.74 Å². The second kappa shape index (κ2) is 7.37. The molecule has 26 heavy (non-hydrogen) atoms. The van der Waals surface area contributed by atoms with Crippen LogP contribution in [0.2, 0.25) is 0 Å². The van der Waals surface area contributed by atoms with Gasteiger partial charge in [-0.15, -0.1) is 0 Å². The normalized spacial score (nSPS) is 21.0. The number of aromatic amines is 1. The Morgan fingerprint density at radius 2 is 2.04 bits per heavy atom. The fourth-order valence-electron chi connectivity index (χ4n) is 4.40. The number of morpholine rings is 1. The molecule has 1 aliphatic heterocycles. The SMILES string of the molecule is Cc1ccc2nc(CNC(=O)C3(N4CCOCC4)CCCCC3)[nH]c2c1. The zero-order chi connectivity index (χ0) is 18.0. The zero-order valence-electron chi connectivity index (χ0n) is 15.5. The van der Waals surface area contributed by atoms with Crippen molar-refractivity contribution in [2.24, 2.45) is 0 Å². The van der Waals surface area contributed by atoms with Gasteiger partial charge in [-0.3, -0.25) is 9.69 Å². The van der Waals surface area contributed by atoms with Gasteiger partial charge in [0, 0.05) is 13.1 Å². The first-order valence-corrected chi connectivity index (χ1v) is 9.74. The number of aromatic nitrogens is 2. The van der Waals surface area contributed by atoms with E-state index in [0.29, 0.717) is 6.54 Å². The number of nitrogens with one attached hydrogen (secondary N) is 2. The lowest BCUT2D eigenvalue weighted by Gasteiger charge is -2.46. The van der Waals surface area contributed by atoms with Crippen molar-refractivity contribution in [3.05, 3.63) is 29.6 Å². The van der Waals surface area contributed by atoms with Crippen molar-refractivity contribution < 1.29 is 9.53 Å². The van der Waals surface area contributed by atoms with E-state index < -0.39 is 0 Å². The molecular weight excluding hydrogens is 328 g/mol. The largest absolute Gasteiger partial charge is 0.379 e. The van der Waals surface area contributed by atoms with Crippen LogP contribution >= 0.6 is 0 Å². The van der Waals surface area contributed by atoms with Gasteiger partial charge < -0.3 is 15.0 Å². The number of fused-ring (bicyclic) bond motifs is 1. The third-order valence-electron chi connectivity index (χ3n) is 5.82. The molecule has 140 valence electrons. The fourth-order valence-corrected chi connectivity index (χ4v) is 4.40. The summed E-state index contributed by atoms with van der Waals surface area (Å²) in [6.07, 6.45) is 5.35. The predicted octanol–water partition coefficient (Wildman–Crippen LogP) is 2.52. The van der Waals surface area contributed by atoms with Gasteiger partial charge in [-0.2, -0.15) is 0 Å². The molecule has 0 radical (unpaired) electrons. The molecule has 2 fully saturated rings. The number of amides is 1. The standard InChI is InChI=1S/C20H28N4O2/c1-15-5-6-16-17(13-15)23-18(22-16)14-21-19(25)20(7-3-2-4-8-20)24-9-11-26-12-10-24/h5-6,13H,2-4,7-12,14H2,1H3,(H,21,25)(H,22,23). The molecule has 6 nitrogen and oxygen atoms in total. The number of hydrogen-bond donors (Lipinski definition) is 2. The summed E-state index contributed by atoms with van der Waals surface area (Å²) >= 11 is 0. The van der Waals surface area contributed by atoms with Gasteiger partial charge >= 0.3 is 0 Å². The van der Waals surface area contributed by atoms with Crippen molar-refractivity contribution in [1.29, 1.82) is 0 Å². The van der Waals surface area contributed by atoms with Gasteiger partial charge in [0.2, 0.25) is 5.91 Å². The number of imidazole rings is 1. The van der Waals surface area contributed by atoms with Crippen LogP contribution in [-0.4, -0.2) is 52.6 Å². The van der Waals surface area contributed by atoms with Crippen LogP contribution in [0.3, 0.4) is 0 Å². The van der Waals surface area contributed by atoms with Crippen molar-refractivity contribution in [3.8, 4) is 0 Å². The van der Waals surface area contributed by atoms with Crippen LogP contribution in [0, 0.1) is 6.92 Å². The zero-order valence-corrected chi connectivity index (χ0v) is 15.5. The van der Waals surface area contributed by atoms with E-state index in [-0.39, 0.29) is 11.4 Å². The van der Waals surface area contributed by atoms with E-state index in [9.17, 15) is 4.79 Å². The van der Waals surface area contributed by atoms with Gasteiger partial charge in [-0.25, -0.2) is 4.98 Å². The number of carbonyl (C=O) groups excluding carboxylic acids is 1. The quantitative estimate of drug-likeness (QED) is 0.883. The molecule has 1 saturated heterocycles. The van der Waals surface area contributed by atoms with Gasteiger partial charge in [0.25, 0.3) is 0 Å². The second-order valence-electron chi connectivity index (χ2n) is 7.58. The van der Waals surface area contributed by atoms with Crippen molar-refractivity contribution in [3.63, 3.8) is 0 Å². The third-order valence-corrected chi connectivity index (χ3v) is 5.82. The first kappa shape index (κ1) is 17.5. The summed E-state index contributed by atoms with van der Waals surface area (Å²) in [5.74, 6) is 0.961. The smallest absolute Gasteiger partial charge is 0.240 e. The molecule has 1 aromatic heterocycles. The summed E-state index contributed by atoms with van der Waals surface area (Å²) in [6, 6.07) is 6.16. The van der Waals surface area contributed by atoms with Gasteiger partial charge in [-0.05, 0) is 37.5 Å². The molecule has 0 bridgehead atoms. The number of H-pyrrole nitrogens is 1. The van der Waals surface area contributed by atoms with E-state index in [1.807, 2.05) is 6.07 Å². The summed E-state index contributed by atoms with van der Waals surface area (Å²) in [6.45, 7) is 5.64. The van der Waals surface area contributed by atoms with Gasteiger partial charge in [0.05, 0.1) is 30.8 Å². The van der Waals surface area contributed by atoms with Crippen molar-refractivity contribution in [2.75, 3.05) is 26.3 Å². The van der Waals surface area contributed by atoms with Crippen LogP contribution in [0.4, 0.5) is 0 Å². The maximum absolute atomic E-state index is 13.2. The number of ether oxygens (including phenoxy) is 1. The minimum Gasteiger partial charge on any atom is -0.379 e. The van der Waals surface area contributed by atoms with E-state index in [2.05, 4.69) is 39.2 Å². The van der Waals surface area contributed by atoms with Crippen molar-refractivity contribution in [2.45, 2.75) is 51.1 Å². The Morgan fingerprint density at radius 1 is 1.27 bits per heavy atom. The molecule has 2 aliphatic rings. The topological polar surface area (TPSA) is 70.2 Å². The Kier molecular flexibility index (Phi) is 4.96. The molecule has 1 amide bonds. The molecule has 2 N–H and O–H groups in total. The molecular formula is C20H28N4O2. The van der Waals surface area contributed by atoms with Crippen LogP contribution in [-0.2, 0) is 16.1 Å². The maximum Gasteiger partial charge on any atom is 0.240 e. The van der Waals surface area contributed by atoms with Gasteiger partial charge in [-0.1, -0.05) is 25.3 Å². The highest BCUT2D eigenvalue weighted by Crippen LogP contribution is 2.34. The van der Waals surface area contributed by atoms with Crippen molar-refractivity contribution in [1.82, 2.24) is 20.2 Å². The van der Waals surface area contributed by atoms with E-state index in [1.165, 1.54) is 12.0 Å². The fraction of sp³-hybridized carbons (Fsp3) is 0.600. The highest BCUT2D eigenvalue weighted by atomic mass is 16.5. The molecule has 0 spiro atoms. The Morgan fingerprint density at radius 3 is 2.81 bits per heavy atom. The van der Waals surface area contributed by atoms with Crippen LogP contribution in [0.5, 0.6) is 0 Å². The van der Waals surface area contributed by atoms with Gasteiger partial charge in [0.1, 0.15) is 11.4 Å². The highest BCUT2D eigenvalue weighted by Gasteiger charge is 2.44. The van der Waals surface area contributed by atoms with Gasteiger partial charge in [0.15, 0.2) is 0 Å². The lowest BCUT2D eigenvalue weighted by atomic mass is 9.79. The summed E-state index contributed by atoms with van der Waals surface area (Å²) in [5, 5.41) is 3.17. The number of aryl methyl sites for hydroxylation is 1. The predicted molar refractivity (Wildman–Crippen MR) is 101 cm³/mol. The van der Waals surface area contributed by atoms with E-state index >= 15 is 0 Å². The summed E-state index contributed by atoms with van der Waals surface area (Å²) in [7, 11) is 0. The molecule has 1 aliphatic carbocycles. The number of benzene rings is 1. The second-order valence-corrected chi connectivity index (χ2v) is 7.58. The Bertz CT molecular complexity index is 773. The average molecular weight is 356 g/mol. The first-order valence-electron chi connectivity index (χ1n) is 9.74. The van der Waals surface area contributed by atoms with Crippen LogP contribution in [0.1, 0.15) is 43.5 Å². The van der Waals surface area contributed by atoms with Crippen LogP contribution in [0.25, 0.3) is 11.0 Å². The number of hydrogen-bond acceptors (Lipinski definition) is 4. The number of nitrogens with zero attached hydrogens (tertiary/aromatic N) is 2. The Balaban J connectivity index is 1.48. The number of carbonyl (C=O) groups is 1. The molecule has 2 heterocycles. The maximum atomic E-state index is 13.2. The van der Waals surface area contributed by atoms with Crippen LogP contribution < -0.4 is 5.32 Å². The lowest BCUT2D eigenvalue weighted by Crippen LogP contribution is -2.62. The first-order chi connectivity index (χ1) is 12.7. The molecule has 0 unspecified atom stereocenters. The molecule has 4 rings (SSSR count). The summed E-state index contributed by atoms with van der Waals surface area (Å²) in [4.78, 5) is 23.5. The molecule has 2 aromatic rings. The molecule has 1 saturated carbocycles. The monoisotopic (exact) mass is 356 g/mol. The molecule has 0 atom stereocenters. The molecule has 6 heteroatoms.